The first-order chi connectivity index (χ1) is 8.91. The van der Waals surface area contributed by atoms with Crippen LogP contribution < -0.4 is 0 Å². The lowest BCUT2D eigenvalue weighted by atomic mass is 9.99. The van der Waals surface area contributed by atoms with Gasteiger partial charge in [0.2, 0.25) is 0 Å². The molecule has 5 heteroatoms. The minimum absolute atomic E-state index is 0.0816. The number of rotatable bonds is 2. The van der Waals surface area contributed by atoms with Crippen LogP contribution in [-0.2, 0) is 0 Å². The van der Waals surface area contributed by atoms with Crippen molar-refractivity contribution in [2.45, 2.75) is 13.0 Å². The summed E-state index contributed by atoms with van der Waals surface area (Å²) in [6, 6.07) is 8.01. The highest BCUT2D eigenvalue weighted by molar-refractivity contribution is 9.11. The summed E-state index contributed by atoms with van der Waals surface area (Å²) in [6.45, 7) is 1.48. The second-order valence-electron chi connectivity index (χ2n) is 4.17. The van der Waals surface area contributed by atoms with Gasteiger partial charge in [0.25, 0.3) is 0 Å². The molecule has 0 amide bonds. The van der Waals surface area contributed by atoms with E-state index in [2.05, 4.69) is 31.9 Å². The van der Waals surface area contributed by atoms with Gasteiger partial charge in [0, 0.05) is 20.1 Å². The third-order valence-corrected chi connectivity index (χ3v) is 4.07. The van der Waals surface area contributed by atoms with Crippen molar-refractivity contribution in [3.05, 3.63) is 67.6 Å². The number of hydrogen-bond donors (Lipinski definition) is 1. The van der Waals surface area contributed by atoms with Crippen molar-refractivity contribution in [2.24, 2.45) is 0 Å². The van der Waals surface area contributed by atoms with Crippen molar-refractivity contribution < 1.29 is 13.9 Å². The Morgan fingerprint density at radius 1 is 1.00 bits per heavy atom. The van der Waals surface area contributed by atoms with Crippen molar-refractivity contribution in [3.63, 3.8) is 0 Å². The lowest BCUT2D eigenvalue weighted by Crippen LogP contribution is -2.06. The standard InChI is InChI=1S/C14H10Br2F2O/c1-7-2-4-9(13(18)12(7)17)14(19)10-6-8(15)3-5-11(10)16/h2-6,14,19H,1H3. The smallest absolute Gasteiger partial charge is 0.165 e. The van der Waals surface area contributed by atoms with E-state index in [0.717, 1.165) is 4.47 Å². The highest BCUT2D eigenvalue weighted by Gasteiger charge is 2.21. The van der Waals surface area contributed by atoms with Crippen molar-refractivity contribution in [2.75, 3.05) is 0 Å². The number of aliphatic hydroxyl groups is 1. The molecular formula is C14H10Br2F2O. The first kappa shape index (κ1) is 14.6. The van der Waals surface area contributed by atoms with Gasteiger partial charge >= 0.3 is 0 Å². The van der Waals surface area contributed by atoms with Gasteiger partial charge < -0.3 is 5.11 Å². The van der Waals surface area contributed by atoms with Crippen molar-refractivity contribution in [1.29, 1.82) is 0 Å². The number of benzene rings is 2. The Labute approximate surface area is 126 Å². The third-order valence-electron chi connectivity index (χ3n) is 2.85. The van der Waals surface area contributed by atoms with Crippen molar-refractivity contribution in [3.8, 4) is 0 Å². The first-order valence-electron chi connectivity index (χ1n) is 5.49. The van der Waals surface area contributed by atoms with E-state index in [1.165, 1.54) is 19.1 Å². The van der Waals surface area contributed by atoms with E-state index in [0.29, 0.717) is 10.0 Å². The Hall–Kier alpha value is -0.780. The SMILES string of the molecule is Cc1ccc(C(O)c2cc(Br)ccc2Br)c(F)c1F. The highest BCUT2D eigenvalue weighted by atomic mass is 79.9. The van der Waals surface area contributed by atoms with E-state index in [9.17, 15) is 13.9 Å². The van der Waals surface area contributed by atoms with Crippen LogP contribution in [0, 0.1) is 18.6 Å². The summed E-state index contributed by atoms with van der Waals surface area (Å²) in [6.07, 6.45) is -1.23. The van der Waals surface area contributed by atoms with E-state index in [-0.39, 0.29) is 11.1 Å². The molecule has 0 heterocycles. The molecule has 0 aliphatic heterocycles. The molecule has 2 rings (SSSR count). The summed E-state index contributed by atoms with van der Waals surface area (Å²) < 4.78 is 28.8. The maximum atomic E-state index is 13.9. The summed E-state index contributed by atoms with van der Waals surface area (Å²) in [4.78, 5) is 0. The van der Waals surface area contributed by atoms with Crippen LogP contribution in [0.15, 0.2) is 39.3 Å². The van der Waals surface area contributed by atoms with E-state index in [4.69, 9.17) is 0 Å². The minimum Gasteiger partial charge on any atom is -0.384 e. The highest BCUT2D eigenvalue weighted by Crippen LogP contribution is 2.33. The molecule has 1 unspecified atom stereocenters. The van der Waals surface area contributed by atoms with Crippen LogP contribution in [0.5, 0.6) is 0 Å². The normalized spacial score (nSPS) is 12.5. The Kier molecular flexibility index (Phi) is 4.38. The Morgan fingerprint density at radius 3 is 2.37 bits per heavy atom. The average Bonchev–Trinajstić information content (AvgIpc) is 2.38. The lowest BCUT2D eigenvalue weighted by Gasteiger charge is -2.15. The average molecular weight is 392 g/mol. The van der Waals surface area contributed by atoms with Gasteiger partial charge in [0.15, 0.2) is 11.6 Å². The summed E-state index contributed by atoms with van der Waals surface area (Å²) >= 11 is 6.57. The van der Waals surface area contributed by atoms with Crippen LogP contribution in [0.25, 0.3) is 0 Å². The predicted octanol–water partition coefficient (Wildman–Crippen LogP) is 4.88. The van der Waals surface area contributed by atoms with E-state index >= 15 is 0 Å². The first-order valence-corrected chi connectivity index (χ1v) is 7.08. The van der Waals surface area contributed by atoms with Gasteiger partial charge in [-0.2, -0.15) is 0 Å². The van der Waals surface area contributed by atoms with Crippen LogP contribution in [-0.4, -0.2) is 5.11 Å². The number of halogens is 4. The van der Waals surface area contributed by atoms with Crippen LogP contribution in [0.3, 0.4) is 0 Å². The predicted molar refractivity (Wildman–Crippen MR) is 77.0 cm³/mol. The van der Waals surface area contributed by atoms with Crippen LogP contribution in [0.1, 0.15) is 22.8 Å². The maximum Gasteiger partial charge on any atom is 0.165 e. The molecule has 0 saturated carbocycles. The molecule has 1 atom stereocenters. The molecule has 0 aliphatic carbocycles. The molecule has 0 aliphatic rings. The van der Waals surface area contributed by atoms with Gasteiger partial charge in [0.1, 0.15) is 6.10 Å². The molecule has 0 fully saturated rings. The fraction of sp³-hybridized carbons (Fsp3) is 0.143. The lowest BCUT2D eigenvalue weighted by molar-refractivity contribution is 0.212. The Morgan fingerprint density at radius 2 is 1.68 bits per heavy atom. The zero-order valence-corrected chi connectivity index (χ0v) is 13.1. The maximum absolute atomic E-state index is 13.9. The molecule has 0 bridgehead atoms. The quantitative estimate of drug-likeness (QED) is 0.773. The Balaban J connectivity index is 2.53. The second-order valence-corrected chi connectivity index (χ2v) is 5.94. The largest absolute Gasteiger partial charge is 0.384 e. The minimum atomic E-state index is -1.23. The van der Waals surface area contributed by atoms with Gasteiger partial charge in [-0.05, 0) is 30.7 Å². The van der Waals surface area contributed by atoms with E-state index < -0.39 is 17.7 Å². The topological polar surface area (TPSA) is 20.2 Å². The molecule has 2 aromatic rings. The van der Waals surface area contributed by atoms with Gasteiger partial charge in [-0.15, -0.1) is 0 Å². The molecule has 2 aromatic carbocycles. The van der Waals surface area contributed by atoms with Gasteiger partial charge in [-0.1, -0.05) is 44.0 Å². The number of hydrogen-bond acceptors (Lipinski definition) is 1. The van der Waals surface area contributed by atoms with Crippen LogP contribution in [0.2, 0.25) is 0 Å². The van der Waals surface area contributed by atoms with Crippen LogP contribution >= 0.6 is 31.9 Å². The molecule has 0 radical (unpaired) electrons. The van der Waals surface area contributed by atoms with Crippen molar-refractivity contribution >= 4 is 31.9 Å². The molecule has 100 valence electrons. The third kappa shape index (κ3) is 2.88. The molecule has 19 heavy (non-hydrogen) atoms. The molecule has 1 N–H and O–H groups in total. The molecule has 1 nitrogen and oxygen atoms in total. The van der Waals surface area contributed by atoms with Gasteiger partial charge in [-0.3, -0.25) is 0 Å². The van der Waals surface area contributed by atoms with E-state index in [1.54, 1.807) is 18.2 Å². The summed E-state index contributed by atoms with van der Waals surface area (Å²) in [7, 11) is 0. The molecule has 0 saturated heterocycles. The van der Waals surface area contributed by atoms with Gasteiger partial charge in [-0.25, -0.2) is 8.78 Å². The Bertz CT molecular complexity index is 629. The summed E-state index contributed by atoms with van der Waals surface area (Å²) in [5.74, 6) is -1.94. The summed E-state index contributed by atoms with van der Waals surface area (Å²) in [5.41, 5.74) is 0.597. The summed E-state index contributed by atoms with van der Waals surface area (Å²) in [5, 5.41) is 10.2. The van der Waals surface area contributed by atoms with Gasteiger partial charge in [0.05, 0.1) is 0 Å². The second kappa shape index (κ2) is 5.69. The zero-order chi connectivity index (χ0) is 14.2. The molecule has 0 spiro atoms. The van der Waals surface area contributed by atoms with Crippen molar-refractivity contribution in [1.82, 2.24) is 0 Å². The van der Waals surface area contributed by atoms with E-state index in [1.807, 2.05) is 0 Å². The number of aliphatic hydroxyl groups excluding tert-OH is 1. The number of aryl methyl sites for hydroxylation is 1. The fourth-order valence-electron chi connectivity index (χ4n) is 1.76. The zero-order valence-electron chi connectivity index (χ0n) is 9.92. The monoisotopic (exact) mass is 390 g/mol. The molecule has 0 aromatic heterocycles. The molecular weight excluding hydrogens is 382 g/mol. The van der Waals surface area contributed by atoms with Crippen LogP contribution in [0.4, 0.5) is 8.78 Å². The fourth-order valence-corrected chi connectivity index (χ4v) is 2.61.